The average molecular weight is 94.1 g/mol. The standard InChI is InChI=1S/C3H2N4/c4-1-3-2-5-7-6-3/h2H,(H,5,6,7). The van der Waals surface area contributed by atoms with Gasteiger partial charge in [-0.3, -0.25) is 5.10 Å². The molecular formula is C3H2N4. The second-order valence-electron chi connectivity index (χ2n) is 0.970. The molecule has 0 radical (unpaired) electrons. The fraction of sp³-hybridized carbons (Fsp3) is 0. The predicted molar refractivity (Wildman–Crippen MR) is 21.1 cm³/mol. The Morgan fingerprint density at radius 2 is 2.71 bits per heavy atom. The van der Waals surface area contributed by atoms with Crippen molar-refractivity contribution in [1.82, 2.24) is 15.4 Å². The molecule has 4 heteroatoms. The van der Waals surface area contributed by atoms with Gasteiger partial charge in [-0.2, -0.15) is 5.26 Å². The quantitative estimate of drug-likeness (QED) is 0.479. The molecule has 7 heavy (non-hydrogen) atoms. The third-order valence-corrected chi connectivity index (χ3v) is 0.531. The van der Waals surface area contributed by atoms with Crippen LogP contribution in [0.1, 0.15) is 5.69 Å². The van der Waals surface area contributed by atoms with Crippen molar-refractivity contribution >= 4 is 0 Å². The van der Waals surface area contributed by atoms with Gasteiger partial charge < -0.3 is 0 Å². The zero-order valence-electron chi connectivity index (χ0n) is 3.42. The Labute approximate surface area is 39.8 Å². The summed E-state index contributed by atoms with van der Waals surface area (Å²) in [5.41, 5.74) is 0.319. The van der Waals surface area contributed by atoms with Crippen molar-refractivity contribution in [2.75, 3.05) is 0 Å². The van der Waals surface area contributed by atoms with Gasteiger partial charge in [-0.05, 0) is 0 Å². The van der Waals surface area contributed by atoms with Gasteiger partial charge in [0.25, 0.3) is 0 Å². The third-order valence-electron chi connectivity index (χ3n) is 0.531. The molecule has 34 valence electrons. The molecule has 0 atom stereocenters. The third kappa shape index (κ3) is 0.550. The monoisotopic (exact) mass is 94.0 g/mol. The Bertz CT molecular complexity index is 169. The van der Waals surface area contributed by atoms with E-state index in [0.717, 1.165) is 0 Å². The molecule has 0 saturated carbocycles. The number of rotatable bonds is 0. The highest BCUT2D eigenvalue weighted by Crippen LogP contribution is 1.78. The highest BCUT2D eigenvalue weighted by atomic mass is 15.3. The Hall–Kier alpha value is -1.37. The van der Waals surface area contributed by atoms with Crippen molar-refractivity contribution in [1.29, 1.82) is 5.26 Å². The van der Waals surface area contributed by atoms with Crippen molar-refractivity contribution in [3.8, 4) is 6.07 Å². The lowest BCUT2D eigenvalue weighted by Gasteiger charge is -1.58. The summed E-state index contributed by atoms with van der Waals surface area (Å²) in [5.74, 6) is 0. The van der Waals surface area contributed by atoms with E-state index in [9.17, 15) is 0 Å². The van der Waals surface area contributed by atoms with Crippen LogP contribution >= 0.6 is 0 Å². The zero-order valence-corrected chi connectivity index (χ0v) is 3.42. The molecular weight excluding hydrogens is 92.1 g/mol. The predicted octanol–water partition coefficient (Wildman–Crippen LogP) is -0.324. The summed E-state index contributed by atoms with van der Waals surface area (Å²) in [7, 11) is 0. The maximum atomic E-state index is 8.05. The summed E-state index contributed by atoms with van der Waals surface area (Å²) in [5, 5.41) is 17.1. The van der Waals surface area contributed by atoms with E-state index >= 15 is 0 Å². The van der Waals surface area contributed by atoms with E-state index in [1.807, 2.05) is 0 Å². The first-order valence-corrected chi connectivity index (χ1v) is 1.70. The molecule has 1 rings (SSSR count). The second kappa shape index (κ2) is 1.39. The summed E-state index contributed by atoms with van der Waals surface area (Å²) in [6, 6.07) is 1.80. The largest absolute Gasteiger partial charge is 0.264 e. The summed E-state index contributed by atoms with van der Waals surface area (Å²) in [6.07, 6.45) is 1.43. The number of aromatic nitrogens is 3. The summed E-state index contributed by atoms with van der Waals surface area (Å²) < 4.78 is 0. The average Bonchev–Trinajstić information content (AvgIpc) is 2.14. The number of hydrogen-bond acceptors (Lipinski definition) is 3. The van der Waals surface area contributed by atoms with Crippen LogP contribution in [0.25, 0.3) is 0 Å². The number of nitrogens with one attached hydrogen (secondary N) is 1. The van der Waals surface area contributed by atoms with Crippen LogP contribution in [-0.2, 0) is 0 Å². The van der Waals surface area contributed by atoms with Crippen molar-refractivity contribution in [2.24, 2.45) is 0 Å². The second-order valence-corrected chi connectivity index (χ2v) is 0.970. The molecule has 0 bridgehead atoms. The number of H-pyrrole nitrogens is 1. The van der Waals surface area contributed by atoms with Crippen LogP contribution < -0.4 is 0 Å². The summed E-state index contributed by atoms with van der Waals surface area (Å²) >= 11 is 0. The molecule has 0 unspecified atom stereocenters. The Kier molecular flexibility index (Phi) is 0.755. The normalized spacial score (nSPS) is 7.86. The summed E-state index contributed by atoms with van der Waals surface area (Å²) in [4.78, 5) is 0. The van der Waals surface area contributed by atoms with Gasteiger partial charge in [0.15, 0.2) is 5.69 Å². The molecule has 1 N–H and O–H groups in total. The molecule has 0 spiro atoms. The van der Waals surface area contributed by atoms with Gasteiger partial charge in [0.1, 0.15) is 6.07 Å². The minimum atomic E-state index is 0.319. The fourth-order valence-electron chi connectivity index (χ4n) is 0.256. The fourth-order valence-corrected chi connectivity index (χ4v) is 0.256. The van der Waals surface area contributed by atoms with Gasteiger partial charge in [-0.25, -0.2) is 0 Å². The first-order valence-electron chi connectivity index (χ1n) is 1.70. The van der Waals surface area contributed by atoms with Gasteiger partial charge in [0.2, 0.25) is 0 Å². The number of nitrogens with zero attached hydrogens (tertiary/aromatic N) is 3. The van der Waals surface area contributed by atoms with Crippen molar-refractivity contribution < 1.29 is 0 Å². The van der Waals surface area contributed by atoms with Gasteiger partial charge in [0, 0.05) is 0 Å². The minimum Gasteiger partial charge on any atom is -0.264 e. The SMILES string of the molecule is N#Cc1c[nH]nn1. The summed E-state index contributed by atoms with van der Waals surface area (Å²) in [6.45, 7) is 0. The Morgan fingerprint density at radius 3 is 3.00 bits per heavy atom. The molecule has 0 aliphatic heterocycles. The highest BCUT2D eigenvalue weighted by Gasteiger charge is 1.85. The van der Waals surface area contributed by atoms with E-state index in [4.69, 9.17) is 5.26 Å². The van der Waals surface area contributed by atoms with E-state index in [0.29, 0.717) is 5.69 Å². The van der Waals surface area contributed by atoms with Crippen molar-refractivity contribution in [3.05, 3.63) is 11.9 Å². The van der Waals surface area contributed by atoms with Crippen LogP contribution in [0.4, 0.5) is 0 Å². The lowest BCUT2D eigenvalue weighted by atomic mass is 10.6. The molecule has 0 aliphatic rings. The number of hydrogen-bond donors (Lipinski definition) is 1. The van der Waals surface area contributed by atoms with Crippen molar-refractivity contribution in [2.45, 2.75) is 0 Å². The molecule has 0 amide bonds. The van der Waals surface area contributed by atoms with Crippen LogP contribution in [0.15, 0.2) is 6.20 Å². The van der Waals surface area contributed by atoms with Crippen molar-refractivity contribution in [3.63, 3.8) is 0 Å². The van der Waals surface area contributed by atoms with Crippen LogP contribution in [-0.4, -0.2) is 15.4 Å². The molecule has 0 aliphatic carbocycles. The maximum Gasteiger partial charge on any atom is 0.182 e. The lowest BCUT2D eigenvalue weighted by Crippen LogP contribution is -1.69. The first kappa shape index (κ1) is 3.81. The maximum absolute atomic E-state index is 8.05. The first-order chi connectivity index (χ1) is 3.43. The number of aromatic amines is 1. The van der Waals surface area contributed by atoms with Crippen LogP contribution in [0.3, 0.4) is 0 Å². The Balaban J connectivity index is 3.04. The van der Waals surface area contributed by atoms with E-state index in [2.05, 4.69) is 15.4 Å². The highest BCUT2D eigenvalue weighted by molar-refractivity contribution is 5.11. The van der Waals surface area contributed by atoms with Crippen LogP contribution in [0.2, 0.25) is 0 Å². The molecule has 0 aromatic carbocycles. The molecule has 4 nitrogen and oxygen atoms in total. The van der Waals surface area contributed by atoms with Crippen LogP contribution in [0, 0.1) is 11.3 Å². The zero-order chi connectivity index (χ0) is 5.11. The molecule has 1 aromatic rings. The van der Waals surface area contributed by atoms with E-state index in [-0.39, 0.29) is 0 Å². The Morgan fingerprint density at radius 1 is 1.86 bits per heavy atom. The van der Waals surface area contributed by atoms with Gasteiger partial charge >= 0.3 is 0 Å². The van der Waals surface area contributed by atoms with E-state index in [1.165, 1.54) is 6.20 Å². The van der Waals surface area contributed by atoms with Gasteiger partial charge in [0.05, 0.1) is 6.20 Å². The lowest BCUT2D eigenvalue weighted by molar-refractivity contribution is 0.935. The van der Waals surface area contributed by atoms with E-state index in [1.54, 1.807) is 6.07 Å². The van der Waals surface area contributed by atoms with Crippen LogP contribution in [0.5, 0.6) is 0 Å². The molecule has 1 aromatic heterocycles. The molecule has 0 saturated heterocycles. The van der Waals surface area contributed by atoms with Gasteiger partial charge in [-0.1, -0.05) is 5.21 Å². The molecule has 1 heterocycles. The van der Waals surface area contributed by atoms with Gasteiger partial charge in [-0.15, -0.1) is 5.10 Å². The smallest absolute Gasteiger partial charge is 0.182 e. The number of nitriles is 1. The topological polar surface area (TPSA) is 65.4 Å². The minimum absolute atomic E-state index is 0.319. The molecule has 0 fully saturated rings. The van der Waals surface area contributed by atoms with E-state index < -0.39 is 0 Å².